The van der Waals surface area contributed by atoms with Crippen molar-refractivity contribution in [3.63, 3.8) is 0 Å². The van der Waals surface area contributed by atoms with Crippen LogP contribution in [0.15, 0.2) is 133 Å². The van der Waals surface area contributed by atoms with Gasteiger partial charge in [0.15, 0.2) is 23.0 Å². The molecule has 4 aliphatic rings. The largest absolute Gasteiger partial charge is 0.586 e. The molecule has 0 radical (unpaired) electrons. The molecule has 2 aliphatic heterocycles. The van der Waals surface area contributed by atoms with Gasteiger partial charge in [-0.15, -0.1) is 29.2 Å². The van der Waals surface area contributed by atoms with E-state index in [9.17, 15) is 47.6 Å². The van der Waals surface area contributed by atoms with E-state index in [0.717, 1.165) is 22.2 Å². The minimum Gasteiger partial charge on any atom is -0.395 e. The Balaban J connectivity index is 0.000000217. The smallest absolute Gasteiger partial charge is 0.395 e. The van der Waals surface area contributed by atoms with Gasteiger partial charge in [0.2, 0.25) is 0 Å². The van der Waals surface area contributed by atoms with E-state index in [2.05, 4.69) is 30.5 Å². The summed E-state index contributed by atoms with van der Waals surface area (Å²) < 4.78 is 119. The molecule has 91 heavy (non-hydrogen) atoms. The summed E-state index contributed by atoms with van der Waals surface area (Å²) >= 11 is 4.64. The van der Waals surface area contributed by atoms with E-state index < -0.39 is 64.7 Å². The number of rotatable bonds is 24. The number of benzene rings is 6. The number of carbonyl (C=O) groups is 2. The molecule has 2 aromatic heterocycles. The highest BCUT2D eigenvalue weighted by Gasteiger charge is 2.54. The SMILES string of the molecule is C.CC(C)(CO)c1cc2cc(CC(=O)C3(c4ccc5c(c4)OC(F)(F)O5)CC3)c(F)cc2n1C[C@@H](O)CO.CC(C)(COCc1ccccc1)c1cc2cc(CC(=O)C3(c4ccc5c(c4)OC(F)(F)O5)CC3)c(F)cc2n1C[C@@H](O)COCc1ccccc1.CCl. The first kappa shape index (κ1) is 67.9. The molecule has 486 valence electrons. The number of fused-ring (bicyclic) bond motifs is 4. The highest BCUT2D eigenvalue weighted by molar-refractivity contribution is 6.15. The topological polar surface area (TPSA) is 180 Å². The van der Waals surface area contributed by atoms with Crippen molar-refractivity contribution < 1.29 is 84.8 Å². The minimum absolute atomic E-state index is 0. The predicted molar refractivity (Wildman–Crippen MR) is 331 cm³/mol. The molecular formula is C70H75ClF6N2O12. The van der Waals surface area contributed by atoms with Crippen LogP contribution in [-0.4, -0.2) is 98.7 Å². The average Bonchev–Trinajstić information content (AvgIpc) is 1.61. The van der Waals surface area contributed by atoms with Crippen molar-refractivity contribution in [2.75, 3.05) is 32.8 Å². The third-order valence-electron chi connectivity index (χ3n) is 17.1. The fourth-order valence-electron chi connectivity index (χ4n) is 11.9. The summed E-state index contributed by atoms with van der Waals surface area (Å²) in [5.74, 6) is -2.05. The molecule has 2 aliphatic carbocycles. The van der Waals surface area contributed by atoms with Gasteiger partial charge in [-0.1, -0.05) is 108 Å². The molecule has 0 bridgehead atoms. The van der Waals surface area contributed by atoms with E-state index in [1.165, 1.54) is 42.8 Å². The Hall–Kier alpha value is -7.43. The van der Waals surface area contributed by atoms with Gasteiger partial charge in [-0.25, -0.2) is 8.78 Å². The van der Waals surface area contributed by atoms with Gasteiger partial charge in [-0.05, 0) is 120 Å². The molecule has 0 amide bonds. The van der Waals surface area contributed by atoms with Gasteiger partial charge in [0.05, 0.1) is 86.8 Å². The lowest BCUT2D eigenvalue weighted by atomic mass is 9.87. The van der Waals surface area contributed by atoms with Crippen molar-refractivity contribution in [3.05, 3.63) is 190 Å². The lowest BCUT2D eigenvalue weighted by Gasteiger charge is -2.28. The van der Waals surface area contributed by atoms with Crippen molar-refractivity contribution >= 4 is 45.0 Å². The highest BCUT2D eigenvalue weighted by Crippen LogP contribution is 2.54. The van der Waals surface area contributed by atoms with Crippen LogP contribution in [0.2, 0.25) is 0 Å². The minimum atomic E-state index is -3.76. The van der Waals surface area contributed by atoms with E-state index in [0.29, 0.717) is 78.7 Å². The molecule has 21 heteroatoms. The van der Waals surface area contributed by atoms with E-state index in [1.54, 1.807) is 34.9 Å². The lowest BCUT2D eigenvalue weighted by molar-refractivity contribution is -0.287. The number of hydrogen-bond donors (Lipinski definition) is 4. The number of aliphatic hydroxyl groups is 4. The molecule has 2 fully saturated rings. The summed E-state index contributed by atoms with van der Waals surface area (Å²) in [7, 11) is 0. The second-order valence-electron chi connectivity index (χ2n) is 24.7. The molecule has 4 N–H and O–H groups in total. The molecule has 0 spiro atoms. The zero-order chi connectivity index (χ0) is 64.6. The molecule has 4 heterocycles. The molecule has 2 saturated carbocycles. The van der Waals surface area contributed by atoms with Crippen LogP contribution in [0.3, 0.4) is 0 Å². The van der Waals surface area contributed by atoms with Crippen molar-refractivity contribution in [2.24, 2.45) is 0 Å². The Morgan fingerprint density at radius 1 is 0.560 bits per heavy atom. The van der Waals surface area contributed by atoms with Gasteiger partial charge < -0.3 is 58.0 Å². The zero-order valence-electron chi connectivity index (χ0n) is 50.4. The number of alkyl halides is 5. The summed E-state index contributed by atoms with van der Waals surface area (Å²) in [6, 6.07) is 38.0. The van der Waals surface area contributed by atoms with Crippen LogP contribution in [0.1, 0.15) is 106 Å². The van der Waals surface area contributed by atoms with Gasteiger partial charge >= 0.3 is 12.6 Å². The van der Waals surface area contributed by atoms with Crippen LogP contribution < -0.4 is 18.9 Å². The second kappa shape index (κ2) is 27.0. The molecule has 12 rings (SSSR count). The quantitative estimate of drug-likeness (QED) is 0.0333. The third kappa shape index (κ3) is 14.8. The number of aliphatic hydroxyl groups excluding tert-OH is 4. The van der Waals surface area contributed by atoms with E-state index in [4.69, 9.17) is 9.47 Å². The average molecular weight is 1290 g/mol. The molecule has 14 nitrogen and oxygen atoms in total. The Bertz CT molecular complexity index is 3900. The maximum Gasteiger partial charge on any atom is 0.586 e. The molecule has 0 saturated heterocycles. The van der Waals surface area contributed by atoms with Crippen LogP contribution in [0.25, 0.3) is 21.8 Å². The summed E-state index contributed by atoms with van der Waals surface area (Å²) in [6.45, 7) is 8.39. The highest BCUT2D eigenvalue weighted by atomic mass is 35.5. The number of ether oxygens (including phenoxy) is 6. The normalized spacial score (nSPS) is 16.7. The van der Waals surface area contributed by atoms with Crippen LogP contribution in [0, 0.1) is 11.6 Å². The Morgan fingerprint density at radius 2 is 0.967 bits per heavy atom. The van der Waals surface area contributed by atoms with Crippen molar-refractivity contribution in [3.8, 4) is 23.0 Å². The Labute approximate surface area is 528 Å². The van der Waals surface area contributed by atoms with Gasteiger partial charge in [-0.3, -0.25) is 9.59 Å². The van der Waals surface area contributed by atoms with Gasteiger partial charge in [0.25, 0.3) is 0 Å². The predicted octanol–water partition coefficient (Wildman–Crippen LogP) is 13.1. The molecule has 8 aromatic rings. The maximum atomic E-state index is 16.0. The third-order valence-corrected chi connectivity index (χ3v) is 17.1. The molecular weight excluding hydrogens is 1210 g/mol. The first-order valence-electron chi connectivity index (χ1n) is 29.5. The van der Waals surface area contributed by atoms with Crippen molar-refractivity contribution in [1.29, 1.82) is 0 Å². The van der Waals surface area contributed by atoms with E-state index >= 15 is 8.78 Å². The maximum absolute atomic E-state index is 16.0. The Kier molecular flexibility index (Phi) is 20.2. The van der Waals surface area contributed by atoms with E-state index in [-0.39, 0.29) is 92.3 Å². The van der Waals surface area contributed by atoms with Gasteiger partial charge in [0, 0.05) is 52.2 Å². The van der Waals surface area contributed by atoms with Crippen molar-refractivity contribution in [1.82, 2.24) is 9.13 Å². The summed E-state index contributed by atoms with van der Waals surface area (Å²) in [5.41, 5.74) is 2.99. The van der Waals surface area contributed by atoms with Crippen LogP contribution in [0.5, 0.6) is 23.0 Å². The van der Waals surface area contributed by atoms with Crippen LogP contribution in [0.4, 0.5) is 26.3 Å². The van der Waals surface area contributed by atoms with Crippen molar-refractivity contribution in [2.45, 2.75) is 146 Å². The number of carbonyl (C=O) groups excluding carboxylic acids is 2. The van der Waals surface area contributed by atoms with Crippen LogP contribution >= 0.6 is 11.6 Å². The summed E-state index contributed by atoms with van der Waals surface area (Å²) in [5, 5.41) is 41.8. The fourth-order valence-corrected chi connectivity index (χ4v) is 11.9. The number of hydrogen-bond acceptors (Lipinski definition) is 12. The second-order valence-corrected chi connectivity index (χ2v) is 24.7. The summed E-state index contributed by atoms with van der Waals surface area (Å²) in [6.07, 6.45) is -6.32. The zero-order valence-corrected chi connectivity index (χ0v) is 51.1. The van der Waals surface area contributed by atoms with Gasteiger partial charge in [-0.2, -0.15) is 0 Å². The van der Waals surface area contributed by atoms with E-state index in [1.807, 2.05) is 99.0 Å². The number of ketones is 2. The number of nitrogens with zero attached hydrogens (tertiary/aromatic N) is 2. The first-order valence-corrected chi connectivity index (χ1v) is 30.3. The fraction of sp³-hybridized carbons (Fsp3) is 0.400. The first-order chi connectivity index (χ1) is 42.8. The number of halogens is 7. The molecule has 6 aromatic carbocycles. The molecule has 0 unspecified atom stereocenters. The lowest BCUT2D eigenvalue weighted by Crippen LogP contribution is -2.30. The Morgan fingerprint density at radius 3 is 1.38 bits per heavy atom. The summed E-state index contributed by atoms with van der Waals surface area (Å²) in [4.78, 5) is 27.2. The van der Waals surface area contributed by atoms with Crippen LogP contribution in [-0.2, 0) is 79.9 Å². The molecule has 2 atom stereocenters. The monoisotopic (exact) mass is 1280 g/mol. The standard InChI is InChI=1S/C41H40F3NO6.C27H28F3NO6.CH3Cl.CH4/c1-39(2,26-49-24-28-11-7-4-8-12-28)37-18-30-17-29(19-38(47)40(15-16-40)31-13-14-35-36(20-31)51-41(43,44)50-35)33(42)21-34(30)45(37)22-32(46)25-48-23-27-9-5-3-6-10-27;1-25(2,14-33)23-8-16-7-15(19(28)11-20(16)31(23)12-18(34)13-32)9-24(35)26(5-6-26)17-3-4-21-22(10-17)37-27(29,30)36-21;1-2;/h3-14,17-18,20-21,32,46H,15-16,19,22-26H2,1-2H3;3-4,7-8,10-11,18,32-34H,5-6,9,12-14H2,1-2H3;1H3;1H4/t32-;18-;;/m11../s1. The number of aromatic nitrogens is 2. The van der Waals surface area contributed by atoms with Gasteiger partial charge in [0.1, 0.15) is 23.2 Å². The number of Topliss-reactive ketones (excluding diaryl/α,β-unsaturated/α-hetero) is 2.